The maximum atomic E-state index is 5.57. The molecule has 2 aromatic rings. The number of hydrogen-bond acceptors (Lipinski definition) is 6. The van der Waals surface area contributed by atoms with Gasteiger partial charge < -0.3 is 10.7 Å². The van der Waals surface area contributed by atoms with Crippen molar-refractivity contribution in [3.05, 3.63) is 34.3 Å². The van der Waals surface area contributed by atoms with E-state index >= 15 is 0 Å². The van der Waals surface area contributed by atoms with E-state index in [1.54, 1.807) is 17.7 Å². The first-order chi connectivity index (χ1) is 10.3. The second-order valence-corrected chi connectivity index (χ2v) is 5.92. The summed E-state index contributed by atoms with van der Waals surface area (Å²) in [6.07, 6.45) is 5.65. The van der Waals surface area contributed by atoms with Gasteiger partial charge in [-0.05, 0) is 24.3 Å². The molecule has 0 saturated carbocycles. The maximum Gasteiger partial charge on any atom is 0.148 e. The van der Waals surface area contributed by atoms with Gasteiger partial charge in [0.1, 0.15) is 18.0 Å². The minimum Gasteiger partial charge on any atom is -0.362 e. The summed E-state index contributed by atoms with van der Waals surface area (Å²) in [6, 6.07) is 4.54. The molecule has 1 unspecified atom stereocenters. The summed E-state index contributed by atoms with van der Waals surface area (Å²) in [5.74, 6) is 7.15. The van der Waals surface area contributed by atoms with Crippen molar-refractivity contribution >= 4 is 23.0 Å². The van der Waals surface area contributed by atoms with Crippen LogP contribution in [0.3, 0.4) is 0 Å². The molecule has 2 aromatic heterocycles. The molecule has 21 heavy (non-hydrogen) atoms. The average molecular weight is 305 g/mol. The second-order valence-electron chi connectivity index (χ2n) is 4.94. The number of hydrogen-bond donors (Lipinski definition) is 3. The van der Waals surface area contributed by atoms with Crippen LogP contribution in [-0.4, -0.2) is 9.97 Å². The molecule has 0 aliphatic heterocycles. The van der Waals surface area contributed by atoms with Crippen molar-refractivity contribution in [3.8, 4) is 0 Å². The fraction of sp³-hybridized carbons (Fsp3) is 0.467. The highest BCUT2D eigenvalue weighted by Gasteiger charge is 2.16. The van der Waals surface area contributed by atoms with E-state index in [0.29, 0.717) is 5.82 Å². The van der Waals surface area contributed by atoms with E-state index in [1.807, 2.05) is 0 Å². The SMILES string of the molecule is CCCc1c(NN)ncnc1NC(CCC)c1cccs1. The van der Waals surface area contributed by atoms with Gasteiger partial charge in [0.15, 0.2) is 0 Å². The van der Waals surface area contributed by atoms with Crippen LogP contribution in [0.1, 0.15) is 49.6 Å². The molecule has 0 bridgehead atoms. The third-order valence-electron chi connectivity index (χ3n) is 3.36. The number of nitrogen functional groups attached to an aromatic ring is 1. The van der Waals surface area contributed by atoms with Gasteiger partial charge in [0.05, 0.1) is 6.04 Å². The molecule has 0 amide bonds. The van der Waals surface area contributed by atoms with Crippen LogP contribution in [0.25, 0.3) is 0 Å². The Kier molecular flexibility index (Phi) is 5.95. The zero-order valence-corrected chi connectivity index (χ0v) is 13.4. The molecule has 0 fully saturated rings. The van der Waals surface area contributed by atoms with Crippen molar-refractivity contribution < 1.29 is 0 Å². The van der Waals surface area contributed by atoms with Gasteiger partial charge >= 0.3 is 0 Å². The minimum absolute atomic E-state index is 0.283. The Hall–Kier alpha value is -1.66. The van der Waals surface area contributed by atoms with Crippen LogP contribution < -0.4 is 16.6 Å². The molecule has 2 heterocycles. The van der Waals surface area contributed by atoms with E-state index in [0.717, 1.165) is 37.1 Å². The van der Waals surface area contributed by atoms with Crippen molar-refractivity contribution in [3.63, 3.8) is 0 Å². The Balaban J connectivity index is 2.27. The van der Waals surface area contributed by atoms with Crippen LogP contribution in [0.2, 0.25) is 0 Å². The lowest BCUT2D eigenvalue weighted by Crippen LogP contribution is -2.16. The predicted octanol–water partition coefficient (Wildman–Crippen LogP) is 3.73. The van der Waals surface area contributed by atoms with Crippen LogP contribution in [0.15, 0.2) is 23.8 Å². The zero-order valence-electron chi connectivity index (χ0n) is 12.6. The van der Waals surface area contributed by atoms with Crippen LogP contribution in [0, 0.1) is 0 Å². The van der Waals surface area contributed by atoms with Gasteiger partial charge in [0.25, 0.3) is 0 Å². The first-order valence-corrected chi connectivity index (χ1v) is 8.28. The van der Waals surface area contributed by atoms with E-state index in [9.17, 15) is 0 Å². The Morgan fingerprint density at radius 1 is 1.24 bits per heavy atom. The van der Waals surface area contributed by atoms with Crippen molar-refractivity contribution in [2.45, 2.75) is 45.6 Å². The van der Waals surface area contributed by atoms with Crippen molar-refractivity contribution in [1.82, 2.24) is 9.97 Å². The third-order valence-corrected chi connectivity index (χ3v) is 4.34. The van der Waals surface area contributed by atoms with Gasteiger partial charge in [-0.15, -0.1) is 11.3 Å². The normalized spacial score (nSPS) is 12.1. The highest BCUT2D eigenvalue weighted by molar-refractivity contribution is 7.10. The highest BCUT2D eigenvalue weighted by atomic mass is 32.1. The molecule has 0 aromatic carbocycles. The summed E-state index contributed by atoms with van der Waals surface area (Å²) < 4.78 is 0. The van der Waals surface area contributed by atoms with E-state index < -0.39 is 0 Å². The Morgan fingerprint density at radius 2 is 2.05 bits per heavy atom. The Bertz CT molecular complexity index is 541. The van der Waals surface area contributed by atoms with Gasteiger partial charge in [0.2, 0.25) is 0 Å². The number of rotatable bonds is 8. The van der Waals surface area contributed by atoms with Gasteiger partial charge in [-0.2, -0.15) is 0 Å². The van der Waals surface area contributed by atoms with Crippen molar-refractivity contribution in [2.75, 3.05) is 10.7 Å². The zero-order chi connectivity index (χ0) is 15.1. The molecule has 0 spiro atoms. The van der Waals surface area contributed by atoms with Gasteiger partial charge in [-0.25, -0.2) is 15.8 Å². The lowest BCUT2D eigenvalue weighted by molar-refractivity contribution is 0.682. The fourth-order valence-electron chi connectivity index (χ4n) is 2.38. The van der Waals surface area contributed by atoms with Crippen LogP contribution in [0.5, 0.6) is 0 Å². The monoisotopic (exact) mass is 305 g/mol. The van der Waals surface area contributed by atoms with Crippen LogP contribution in [-0.2, 0) is 6.42 Å². The molecular formula is C15H23N5S. The smallest absolute Gasteiger partial charge is 0.148 e. The number of aromatic nitrogens is 2. The van der Waals surface area contributed by atoms with Gasteiger partial charge in [-0.1, -0.05) is 32.8 Å². The number of anilines is 2. The highest BCUT2D eigenvalue weighted by Crippen LogP contribution is 2.30. The first kappa shape index (κ1) is 15.7. The Labute approximate surface area is 130 Å². The van der Waals surface area contributed by atoms with Gasteiger partial charge in [-0.3, -0.25) is 0 Å². The number of hydrazine groups is 1. The molecular weight excluding hydrogens is 282 g/mol. The average Bonchev–Trinajstić information content (AvgIpc) is 3.02. The predicted molar refractivity (Wildman–Crippen MR) is 89.4 cm³/mol. The second kappa shape index (κ2) is 7.95. The number of nitrogens with zero attached hydrogens (tertiary/aromatic N) is 2. The molecule has 0 saturated heterocycles. The van der Waals surface area contributed by atoms with E-state index in [1.165, 1.54) is 4.88 Å². The van der Waals surface area contributed by atoms with E-state index in [-0.39, 0.29) is 6.04 Å². The lowest BCUT2D eigenvalue weighted by Gasteiger charge is -2.20. The quantitative estimate of drug-likeness (QED) is 0.512. The van der Waals surface area contributed by atoms with E-state index in [4.69, 9.17) is 5.84 Å². The lowest BCUT2D eigenvalue weighted by atomic mass is 10.1. The summed E-state index contributed by atoms with van der Waals surface area (Å²) in [7, 11) is 0. The molecule has 114 valence electrons. The molecule has 0 aliphatic rings. The molecule has 0 radical (unpaired) electrons. The fourth-order valence-corrected chi connectivity index (χ4v) is 3.19. The number of thiophene rings is 1. The summed E-state index contributed by atoms with van der Waals surface area (Å²) in [4.78, 5) is 9.97. The molecule has 2 rings (SSSR count). The van der Waals surface area contributed by atoms with Crippen LogP contribution >= 0.6 is 11.3 Å². The topological polar surface area (TPSA) is 75.9 Å². The number of nitrogens with two attached hydrogens (primary N) is 1. The molecule has 5 nitrogen and oxygen atoms in total. The molecule has 4 N–H and O–H groups in total. The number of nitrogens with one attached hydrogen (secondary N) is 2. The maximum absolute atomic E-state index is 5.57. The Morgan fingerprint density at radius 3 is 2.67 bits per heavy atom. The first-order valence-electron chi connectivity index (χ1n) is 7.40. The van der Waals surface area contributed by atoms with Crippen molar-refractivity contribution in [1.29, 1.82) is 0 Å². The minimum atomic E-state index is 0.283. The van der Waals surface area contributed by atoms with Gasteiger partial charge in [0, 0.05) is 10.4 Å². The largest absolute Gasteiger partial charge is 0.362 e. The summed E-state index contributed by atoms with van der Waals surface area (Å²) in [5.41, 5.74) is 3.73. The van der Waals surface area contributed by atoms with Crippen LogP contribution in [0.4, 0.5) is 11.6 Å². The summed E-state index contributed by atoms with van der Waals surface area (Å²) in [5, 5.41) is 5.68. The molecule has 6 heteroatoms. The summed E-state index contributed by atoms with van der Waals surface area (Å²) in [6.45, 7) is 4.34. The standard InChI is InChI=1S/C15H23N5S/c1-3-6-11-14(17-10-18-15(11)20-16)19-12(7-4-2)13-8-5-9-21-13/h5,8-10,12H,3-4,6-7,16H2,1-2H3,(H2,17,18,19,20). The molecule has 1 atom stereocenters. The molecule has 0 aliphatic carbocycles. The summed E-state index contributed by atoms with van der Waals surface area (Å²) >= 11 is 1.77. The van der Waals surface area contributed by atoms with Crippen molar-refractivity contribution in [2.24, 2.45) is 5.84 Å². The van der Waals surface area contributed by atoms with E-state index in [2.05, 4.69) is 52.1 Å². The third kappa shape index (κ3) is 3.92.